The molecule has 13 heavy (non-hydrogen) atoms. The lowest BCUT2D eigenvalue weighted by molar-refractivity contribution is -0.139. The highest BCUT2D eigenvalue weighted by Gasteiger charge is 2.21. The predicted octanol–water partition coefficient (Wildman–Crippen LogP) is 0.589. The molecule has 1 aliphatic rings. The predicted molar refractivity (Wildman–Crippen MR) is 46.6 cm³/mol. The Morgan fingerprint density at radius 3 is 2.77 bits per heavy atom. The van der Waals surface area contributed by atoms with Crippen LogP contribution >= 0.6 is 0 Å². The SMILES string of the molecule is CCOC(=O)/C(=C\C1CC1)NC=O. The van der Waals surface area contributed by atoms with E-state index >= 15 is 0 Å². The van der Waals surface area contributed by atoms with E-state index in [2.05, 4.69) is 5.32 Å². The van der Waals surface area contributed by atoms with Crippen molar-refractivity contribution in [1.29, 1.82) is 0 Å². The molecule has 0 aromatic carbocycles. The topological polar surface area (TPSA) is 55.4 Å². The fourth-order valence-corrected chi connectivity index (χ4v) is 0.946. The molecule has 1 saturated carbocycles. The number of amides is 1. The van der Waals surface area contributed by atoms with Gasteiger partial charge in [0.2, 0.25) is 6.41 Å². The zero-order valence-electron chi connectivity index (χ0n) is 7.58. The molecule has 0 spiro atoms. The number of hydrogen-bond donors (Lipinski definition) is 1. The third-order valence-electron chi connectivity index (χ3n) is 1.73. The minimum atomic E-state index is -0.457. The molecule has 0 radical (unpaired) electrons. The molecule has 1 rings (SSSR count). The lowest BCUT2D eigenvalue weighted by Gasteiger charge is -2.04. The molecule has 4 heteroatoms. The molecule has 1 aliphatic carbocycles. The van der Waals surface area contributed by atoms with Crippen molar-refractivity contribution in [3.05, 3.63) is 11.8 Å². The van der Waals surface area contributed by atoms with Gasteiger partial charge in [-0.15, -0.1) is 0 Å². The van der Waals surface area contributed by atoms with E-state index in [9.17, 15) is 9.59 Å². The van der Waals surface area contributed by atoms with Gasteiger partial charge in [-0.2, -0.15) is 0 Å². The third kappa shape index (κ3) is 3.27. The number of carbonyl (C=O) groups excluding carboxylic acids is 2. The number of nitrogens with one attached hydrogen (secondary N) is 1. The van der Waals surface area contributed by atoms with E-state index in [0.717, 1.165) is 12.8 Å². The molecule has 1 fully saturated rings. The first kappa shape index (κ1) is 9.77. The van der Waals surface area contributed by atoms with Gasteiger partial charge in [0.25, 0.3) is 0 Å². The summed E-state index contributed by atoms with van der Waals surface area (Å²) in [5.74, 6) is -0.0200. The summed E-state index contributed by atoms with van der Waals surface area (Å²) >= 11 is 0. The Bertz CT molecular complexity index is 231. The maximum absolute atomic E-state index is 11.2. The van der Waals surface area contributed by atoms with Crippen molar-refractivity contribution >= 4 is 12.4 Å². The first-order chi connectivity index (χ1) is 6.27. The van der Waals surface area contributed by atoms with Gasteiger partial charge in [0.15, 0.2) is 0 Å². The Kier molecular flexibility index (Phi) is 3.49. The van der Waals surface area contributed by atoms with Crippen LogP contribution in [0.5, 0.6) is 0 Å². The van der Waals surface area contributed by atoms with E-state index < -0.39 is 5.97 Å². The first-order valence-electron chi connectivity index (χ1n) is 4.37. The number of ether oxygens (including phenoxy) is 1. The standard InChI is InChI=1S/C9H13NO3/c1-2-13-9(12)8(10-6-11)5-7-3-4-7/h5-7H,2-4H2,1H3,(H,10,11)/b8-5+. The van der Waals surface area contributed by atoms with E-state index in [4.69, 9.17) is 4.74 Å². The van der Waals surface area contributed by atoms with Gasteiger partial charge in [-0.1, -0.05) is 6.08 Å². The van der Waals surface area contributed by atoms with Gasteiger partial charge in [0.05, 0.1) is 6.61 Å². The maximum Gasteiger partial charge on any atom is 0.354 e. The summed E-state index contributed by atoms with van der Waals surface area (Å²) in [6.45, 7) is 2.05. The third-order valence-corrected chi connectivity index (χ3v) is 1.73. The minimum Gasteiger partial charge on any atom is -0.461 e. The number of carbonyl (C=O) groups is 2. The zero-order valence-corrected chi connectivity index (χ0v) is 7.58. The van der Waals surface area contributed by atoms with Crippen LogP contribution in [-0.4, -0.2) is 19.0 Å². The largest absolute Gasteiger partial charge is 0.461 e. The summed E-state index contributed by atoms with van der Waals surface area (Å²) < 4.78 is 4.76. The van der Waals surface area contributed by atoms with E-state index in [1.54, 1.807) is 13.0 Å². The lowest BCUT2D eigenvalue weighted by atomic mass is 10.3. The van der Waals surface area contributed by atoms with Gasteiger partial charge in [0, 0.05) is 0 Å². The fraction of sp³-hybridized carbons (Fsp3) is 0.556. The highest BCUT2D eigenvalue weighted by Crippen LogP contribution is 2.31. The van der Waals surface area contributed by atoms with Crippen molar-refractivity contribution < 1.29 is 14.3 Å². The second kappa shape index (κ2) is 4.64. The molecule has 72 valence electrons. The Hall–Kier alpha value is -1.32. The van der Waals surface area contributed by atoms with Crippen molar-refractivity contribution in [2.75, 3.05) is 6.61 Å². The van der Waals surface area contributed by atoms with Gasteiger partial charge in [0.1, 0.15) is 5.70 Å². The molecule has 0 bridgehead atoms. The molecular formula is C9H13NO3. The molecule has 1 N–H and O–H groups in total. The molecule has 0 heterocycles. The van der Waals surface area contributed by atoms with Crippen LogP contribution in [-0.2, 0) is 14.3 Å². The van der Waals surface area contributed by atoms with Crippen LogP contribution in [0, 0.1) is 5.92 Å². The van der Waals surface area contributed by atoms with Crippen LogP contribution < -0.4 is 5.32 Å². The highest BCUT2D eigenvalue weighted by molar-refractivity contribution is 5.90. The van der Waals surface area contributed by atoms with Crippen LogP contribution in [0.25, 0.3) is 0 Å². The number of allylic oxidation sites excluding steroid dienone is 1. The summed E-state index contributed by atoms with van der Waals surface area (Å²) in [6, 6.07) is 0. The Balaban J connectivity index is 2.54. The van der Waals surface area contributed by atoms with E-state index in [-0.39, 0.29) is 5.70 Å². The van der Waals surface area contributed by atoms with Crippen molar-refractivity contribution in [2.45, 2.75) is 19.8 Å². The fourth-order valence-electron chi connectivity index (χ4n) is 0.946. The first-order valence-corrected chi connectivity index (χ1v) is 4.37. The Morgan fingerprint density at radius 1 is 1.62 bits per heavy atom. The smallest absolute Gasteiger partial charge is 0.354 e. The average Bonchev–Trinajstić information content (AvgIpc) is 2.88. The molecule has 0 atom stereocenters. The summed E-state index contributed by atoms with van der Waals surface area (Å²) in [7, 11) is 0. The Morgan fingerprint density at radius 2 is 2.31 bits per heavy atom. The summed E-state index contributed by atoms with van der Waals surface area (Å²) in [4.78, 5) is 21.4. The second-order valence-electron chi connectivity index (χ2n) is 2.90. The monoisotopic (exact) mass is 183 g/mol. The average molecular weight is 183 g/mol. The van der Waals surface area contributed by atoms with Gasteiger partial charge in [-0.3, -0.25) is 4.79 Å². The van der Waals surface area contributed by atoms with E-state index in [1.807, 2.05) is 0 Å². The minimum absolute atomic E-state index is 0.263. The second-order valence-corrected chi connectivity index (χ2v) is 2.90. The number of rotatable bonds is 5. The van der Waals surface area contributed by atoms with Crippen molar-refractivity contribution in [3.63, 3.8) is 0 Å². The van der Waals surface area contributed by atoms with Crippen molar-refractivity contribution in [1.82, 2.24) is 5.32 Å². The van der Waals surface area contributed by atoms with E-state index in [1.165, 1.54) is 0 Å². The van der Waals surface area contributed by atoms with Crippen LogP contribution in [0.1, 0.15) is 19.8 Å². The number of hydrogen-bond acceptors (Lipinski definition) is 3. The van der Waals surface area contributed by atoms with Crippen LogP contribution in [0.3, 0.4) is 0 Å². The molecule has 0 aromatic heterocycles. The van der Waals surface area contributed by atoms with Gasteiger partial charge >= 0.3 is 5.97 Å². The van der Waals surface area contributed by atoms with Gasteiger partial charge < -0.3 is 10.1 Å². The van der Waals surface area contributed by atoms with Gasteiger partial charge in [-0.05, 0) is 25.7 Å². The lowest BCUT2D eigenvalue weighted by Crippen LogP contribution is -2.21. The van der Waals surface area contributed by atoms with Crippen molar-refractivity contribution in [3.8, 4) is 0 Å². The Labute approximate surface area is 76.9 Å². The molecular weight excluding hydrogens is 170 g/mol. The van der Waals surface area contributed by atoms with Crippen LogP contribution in [0.2, 0.25) is 0 Å². The summed E-state index contributed by atoms with van der Waals surface area (Å²) in [5, 5.41) is 2.34. The van der Waals surface area contributed by atoms with Crippen molar-refractivity contribution in [2.24, 2.45) is 5.92 Å². The molecule has 0 aliphatic heterocycles. The highest BCUT2D eigenvalue weighted by atomic mass is 16.5. The molecule has 0 aromatic rings. The zero-order chi connectivity index (χ0) is 9.68. The molecule has 1 amide bonds. The molecule has 4 nitrogen and oxygen atoms in total. The van der Waals surface area contributed by atoms with Crippen LogP contribution in [0.4, 0.5) is 0 Å². The molecule has 0 saturated heterocycles. The van der Waals surface area contributed by atoms with E-state index in [0.29, 0.717) is 18.9 Å². The normalized spacial score (nSPS) is 16.5. The quantitative estimate of drug-likeness (QED) is 0.385. The maximum atomic E-state index is 11.2. The summed E-state index contributed by atoms with van der Waals surface area (Å²) in [5.41, 5.74) is 0.263. The number of esters is 1. The van der Waals surface area contributed by atoms with Crippen LogP contribution in [0.15, 0.2) is 11.8 Å². The summed E-state index contributed by atoms with van der Waals surface area (Å²) in [6.07, 6.45) is 4.42. The van der Waals surface area contributed by atoms with Gasteiger partial charge in [-0.25, -0.2) is 4.79 Å². The molecule has 0 unspecified atom stereocenters.